The first-order valence-electron chi connectivity index (χ1n) is 12.1. The van der Waals surface area contributed by atoms with Crippen LogP contribution in [-0.4, -0.2) is 14.8 Å². The molecule has 0 aliphatic rings. The summed E-state index contributed by atoms with van der Waals surface area (Å²) in [5.74, 6) is 6.11. The highest BCUT2D eigenvalue weighted by atomic mass is 19.1. The van der Waals surface area contributed by atoms with Gasteiger partial charge in [-0.15, -0.1) is 0 Å². The molecule has 0 amide bonds. The molecule has 4 aromatic carbocycles. The highest BCUT2D eigenvalue weighted by Crippen LogP contribution is 2.32. The summed E-state index contributed by atoms with van der Waals surface area (Å²) >= 11 is 0. The Balaban J connectivity index is 1.35. The monoisotopic (exact) mass is 482 g/mol. The number of nitrogens with two attached hydrogens (primary N) is 1. The third-order valence-electron chi connectivity index (χ3n) is 6.51. The third-order valence-corrected chi connectivity index (χ3v) is 6.51. The van der Waals surface area contributed by atoms with E-state index in [-0.39, 0.29) is 5.82 Å². The molecule has 0 saturated heterocycles. The zero-order valence-electron chi connectivity index (χ0n) is 20.2. The Morgan fingerprint density at radius 3 is 2.51 bits per heavy atom. The van der Waals surface area contributed by atoms with Crippen LogP contribution >= 0.6 is 0 Å². The molecular formula is C32H23FN4. The van der Waals surface area contributed by atoms with Gasteiger partial charge in [0.2, 0.25) is 0 Å². The largest absolute Gasteiger partial charge is 0.326 e. The molecular weight excluding hydrogens is 459 g/mol. The lowest BCUT2D eigenvalue weighted by molar-refractivity contribution is 0.635. The molecule has 0 spiro atoms. The molecule has 2 heterocycles. The van der Waals surface area contributed by atoms with Crippen LogP contribution in [0.3, 0.4) is 0 Å². The van der Waals surface area contributed by atoms with Crippen LogP contribution < -0.4 is 5.73 Å². The van der Waals surface area contributed by atoms with Crippen LogP contribution in [0.25, 0.3) is 38.6 Å². The van der Waals surface area contributed by atoms with Crippen molar-refractivity contribution in [2.24, 2.45) is 5.73 Å². The quantitative estimate of drug-likeness (QED) is 0.291. The molecule has 5 heteroatoms. The van der Waals surface area contributed by atoms with Crippen molar-refractivity contribution in [3.63, 3.8) is 0 Å². The molecule has 0 radical (unpaired) electrons. The van der Waals surface area contributed by atoms with Crippen LogP contribution in [0.4, 0.5) is 4.39 Å². The lowest BCUT2D eigenvalue weighted by atomic mass is 10.0. The summed E-state index contributed by atoms with van der Waals surface area (Å²) in [6.45, 7) is 2.30. The highest BCUT2D eigenvalue weighted by Gasteiger charge is 2.17. The SMILES string of the molecule is Cc1nn(-c2cccc(CN)c2)c2c(F)c(-c3ccc(C#Cc4ccc5ncccc5c4)cc3)ccc12. The van der Waals surface area contributed by atoms with Crippen molar-refractivity contribution >= 4 is 21.8 Å². The molecule has 0 aliphatic heterocycles. The van der Waals surface area contributed by atoms with Crippen molar-refractivity contribution in [3.8, 4) is 28.7 Å². The second kappa shape index (κ2) is 9.34. The average Bonchev–Trinajstić information content (AvgIpc) is 3.29. The number of benzene rings is 4. The predicted molar refractivity (Wildman–Crippen MR) is 147 cm³/mol. The van der Waals surface area contributed by atoms with Crippen molar-refractivity contribution < 1.29 is 4.39 Å². The van der Waals surface area contributed by atoms with Gasteiger partial charge in [-0.2, -0.15) is 5.10 Å². The summed E-state index contributed by atoms with van der Waals surface area (Å²) in [7, 11) is 0. The van der Waals surface area contributed by atoms with Gasteiger partial charge in [-0.3, -0.25) is 4.98 Å². The highest BCUT2D eigenvalue weighted by molar-refractivity contribution is 5.89. The Morgan fingerprint density at radius 1 is 0.865 bits per heavy atom. The zero-order chi connectivity index (χ0) is 25.4. The fourth-order valence-electron chi connectivity index (χ4n) is 4.57. The van der Waals surface area contributed by atoms with E-state index in [2.05, 4.69) is 21.9 Å². The van der Waals surface area contributed by atoms with Crippen LogP contribution in [0.15, 0.2) is 97.2 Å². The number of hydrogen-bond donors (Lipinski definition) is 1. The van der Waals surface area contributed by atoms with E-state index in [1.807, 2.05) is 97.9 Å². The molecule has 178 valence electrons. The molecule has 0 bridgehead atoms. The Morgan fingerprint density at radius 2 is 1.68 bits per heavy atom. The van der Waals surface area contributed by atoms with Gasteiger partial charge in [0.1, 0.15) is 5.52 Å². The number of fused-ring (bicyclic) bond motifs is 2. The molecule has 0 unspecified atom stereocenters. The number of rotatable bonds is 3. The lowest BCUT2D eigenvalue weighted by Gasteiger charge is -2.09. The maximum absolute atomic E-state index is 16.0. The lowest BCUT2D eigenvalue weighted by Crippen LogP contribution is -2.02. The number of pyridine rings is 1. The van der Waals surface area contributed by atoms with Crippen molar-refractivity contribution in [2.75, 3.05) is 0 Å². The van der Waals surface area contributed by atoms with Gasteiger partial charge < -0.3 is 5.73 Å². The smallest absolute Gasteiger partial charge is 0.157 e. The first kappa shape index (κ1) is 22.7. The third kappa shape index (κ3) is 4.24. The number of halogens is 1. The number of aromatic nitrogens is 3. The standard InChI is InChI=1S/C32H23FN4/c1-21-28-14-15-29(31(33)32(28)37(36-21)27-6-2-4-24(19-27)20-34)25-12-9-22(10-13-25)7-8-23-11-16-30-26(18-23)5-3-17-35-30/h2-6,9-19H,20,34H2,1H3. The van der Waals surface area contributed by atoms with E-state index >= 15 is 4.39 Å². The second-order valence-electron chi connectivity index (χ2n) is 8.93. The van der Waals surface area contributed by atoms with E-state index in [0.29, 0.717) is 17.6 Å². The maximum Gasteiger partial charge on any atom is 0.157 e. The van der Waals surface area contributed by atoms with Gasteiger partial charge in [0.15, 0.2) is 5.82 Å². The van der Waals surface area contributed by atoms with E-state index in [1.165, 1.54) is 0 Å². The van der Waals surface area contributed by atoms with Crippen molar-refractivity contribution in [3.05, 3.63) is 125 Å². The average molecular weight is 483 g/mol. The van der Waals surface area contributed by atoms with Crippen LogP contribution in [0.2, 0.25) is 0 Å². The van der Waals surface area contributed by atoms with Gasteiger partial charge in [0.05, 0.1) is 16.9 Å². The summed E-state index contributed by atoms with van der Waals surface area (Å²) in [6, 6.07) is 29.0. The summed E-state index contributed by atoms with van der Waals surface area (Å²) in [4.78, 5) is 4.35. The summed E-state index contributed by atoms with van der Waals surface area (Å²) < 4.78 is 17.6. The fraction of sp³-hybridized carbons (Fsp3) is 0.0625. The van der Waals surface area contributed by atoms with E-state index in [4.69, 9.17) is 5.73 Å². The van der Waals surface area contributed by atoms with Gasteiger partial charge >= 0.3 is 0 Å². The minimum absolute atomic E-state index is 0.306. The first-order chi connectivity index (χ1) is 18.1. The molecule has 37 heavy (non-hydrogen) atoms. The van der Waals surface area contributed by atoms with E-state index in [1.54, 1.807) is 10.9 Å². The fourth-order valence-corrected chi connectivity index (χ4v) is 4.57. The number of aryl methyl sites for hydroxylation is 1. The molecule has 6 rings (SSSR count). The first-order valence-corrected chi connectivity index (χ1v) is 12.1. The molecule has 0 aliphatic carbocycles. The van der Waals surface area contributed by atoms with Crippen molar-refractivity contribution in [1.29, 1.82) is 0 Å². The number of nitrogens with zero attached hydrogens (tertiary/aromatic N) is 3. The van der Waals surface area contributed by atoms with Crippen LogP contribution in [0.1, 0.15) is 22.4 Å². The van der Waals surface area contributed by atoms with E-state index in [9.17, 15) is 0 Å². The van der Waals surface area contributed by atoms with Crippen LogP contribution in [-0.2, 0) is 6.54 Å². The Kier molecular flexibility index (Phi) is 5.72. The van der Waals surface area contributed by atoms with Crippen LogP contribution in [0.5, 0.6) is 0 Å². The Bertz CT molecular complexity index is 1840. The summed E-state index contributed by atoms with van der Waals surface area (Å²) in [6.07, 6.45) is 1.78. The van der Waals surface area contributed by atoms with Gasteiger partial charge in [0.25, 0.3) is 0 Å². The van der Waals surface area contributed by atoms with Crippen LogP contribution in [0, 0.1) is 24.6 Å². The molecule has 0 saturated carbocycles. The molecule has 4 nitrogen and oxygen atoms in total. The van der Waals surface area contributed by atoms with Gasteiger partial charge in [0, 0.05) is 40.2 Å². The molecule has 2 N–H and O–H groups in total. The molecule has 0 fully saturated rings. The topological polar surface area (TPSA) is 56.7 Å². The van der Waals surface area contributed by atoms with Gasteiger partial charge in [-0.1, -0.05) is 54.3 Å². The van der Waals surface area contributed by atoms with Gasteiger partial charge in [-0.05, 0) is 66.6 Å². The van der Waals surface area contributed by atoms with Crippen molar-refractivity contribution in [2.45, 2.75) is 13.5 Å². The normalized spacial score (nSPS) is 11.0. The summed E-state index contributed by atoms with van der Waals surface area (Å²) in [5, 5.41) is 6.47. The van der Waals surface area contributed by atoms with Gasteiger partial charge in [-0.25, -0.2) is 9.07 Å². The van der Waals surface area contributed by atoms with E-state index < -0.39 is 0 Å². The Labute approximate surface area is 214 Å². The van der Waals surface area contributed by atoms with Crippen molar-refractivity contribution in [1.82, 2.24) is 14.8 Å². The minimum atomic E-state index is -0.306. The Hall–Kier alpha value is -4.79. The molecule has 2 aromatic heterocycles. The maximum atomic E-state index is 16.0. The predicted octanol–water partition coefficient (Wildman–Crippen LogP) is 6.55. The zero-order valence-corrected chi connectivity index (χ0v) is 20.2. The number of hydrogen-bond acceptors (Lipinski definition) is 3. The van der Waals surface area contributed by atoms with E-state index in [0.717, 1.165) is 49.9 Å². The summed E-state index contributed by atoms with van der Waals surface area (Å²) in [5.41, 5.74) is 12.8. The molecule has 0 atom stereocenters. The second-order valence-corrected chi connectivity index (χ2v) is 8.93. The minimum Gasteiger partial charge on any atom is -0.326 e. The molecule has 6 aromatic rings.